The van der Waals surface area contributed by atoms with E-state index in [2.05, 4.69) is 9.88 Å². The second kappa shape index (κ2) is 10.5. The van der Waals surface area contributed by atoms with Crippen LogP contribution in [0.15, 0.2) is 54.7 Å². The Hall–Kier alpha value is -3.03. The van der Waals surface area contributed by atoms with Gasteiger partial charge in [-0.2, -0.15) is 0 Å². The Bertz CT molecular complexity index is 1230. The van der Waals surface area contributed by atoms with E-state index in [1.807, 2.05) is 36.4 Å². The van der Waals surface area contributed by atoms with E-state index in [9.17, 15) is 19.4 Å². The normalized spacial score (nSPS) is 25.3. The summed E-state index contributed by atoms with van der Waals surface area (Å²) in [5.41, 5.74) is 2.35. The fourth-order valence-electron chi connectivity index (χ4n) is 6.02. The van der Waals surface area contributed by atoms with Gasteiger partial charge in [-0.05, 0) is 91.9 Å². The van der Waals surface area contributed by atoms with Gasteiger partial charge < -0.3 is 14.9 Å². The number of rotatable bonds is 8. The van der Waals surface area contributed by atoms with Gasteiger partial charge in [-0.15, -0.1) is 0 Å². The number of fused-ring (bicyclic) bond motifs is 1. The Morgan fingerprint density at radius 3 is 2.78 bits per heavy atom. The molecule has 3 atom stereocenters. The number of carboxylic acid groups (broad SMARTS) is 1. The second-order valence-corrected chi connectivity index (χ2v) is 10.2. The average molecular weight is 493 g/mol. The molecule has 2 heterocycles. The standard InChI is InChI=1S/C29H33FN2O4/c1-36-21-7-8-27-24(16-21)23(10-12-31-27)28(33)9-6-18-11-13-32(17-25(18)29(34)35)20-14-19(15-20)22-4-2-3-5-26(22)30/h2-5,7-8,10,12,16,18-20,25,28,33H,6,9,11,13-15,17H2,1H3,(H,34,35)/t18-,19?,20?,25+,28?/m1/s1. The average Bonchev–Trinajstić information content (AvgIpc) is 2.87. The molecule has 2 aliphatic rings. The van der Waals surface area contributed by atoms with Crippen LogP contribution in [-0.4, -0.2) is 52.3 Å². The number of ether oxygens (including phenoxy) is 1. The summed E-state index contributed by atoms with van der Waals surface area (Å²) in [5, 5.41) is 21.9. The van der Waals surface area contributed by atoms with Gasteiger partial charge in [0.05, 0.1) is 24.6 Å². The van der Waals surface area contributed by atoms with Crippen LogP contribution in [0.3, 0.4) is 0 Å². The maximum absolute atomic E-state index is 14.1. The number of aromatic nitrogens is 1. The minimum Gasteiger partial charge on any atom is -0.497 e. The van der Waals surface area contributed by atoms with E-state index in [-0.39, 0.29) is 17.7 Å². The number of halogens is 1. The number of nitrogens with zero attached hydrogens (tertiary/aromatic N) is 2. The van der Waals surface area contributed by atoms with Crippen LogP contribution in [0.25, 0.3) is 10.9 Å². The van der Waals surface area contributed by atoms with Gasteiger partial charge in [0.2, 0.25) is 0 Å². The summed E-state index contributed by atoms with van der Waals surface area (Å²) >= 11 is 0. The highest BCUT2D eigenvalue weighted by atomic mass is 19.1. The van der Waals surface area contributed by atoms with Crippen molar-refractivity contribution in [3.8, 4) is 5.75 Å². The van der Waals surface area contributed by atoms with Crippen LogP contribution in [0.4, 0.5) is 4.39 Å². The van der Waals surface area contributed by atoms with Gasteiger partial charge in [-0.3, -0.25) is 14.7 Å². The molecule has 1 unspecified atom stereocenters. The molecule has 2 aromatic carbocycles. The molecular formula is C29H33FN2O4. The Morgan fingerprint density at radius 1 is 1.22 bits per heavy atom. The van der Waals surface area contributed by atoms with Crippen LogP contribution < -0.4 is 4.74 Å². The van der Waals surface area contributed by atoms with Crippen LogP contribution in [0, 0.1) is 17.7 Å². The summed E-state index contributed by atoms with van der Waals surface area (Å²) < 4.78 is 19.5. The molecule has 1 saturated carbocycles. The summed E-state index contributed by atoms with van der Waals surface area (Å²) in [6.07, 6.45) is 4.65. The number of pyridine rings is 1. The Morgan fingerprint density at radius 2 is 2.03 bits per heavy atom. The zero-order valence-corrected chi connectivity index (χ0v) is 20.5. The van der Waals surface area contributed by atoms with Gasteiger partial charge in [-0.25, -0.2) is 4.39 Å². The molecule has 3 aromatic rings. The van der Waals surface area contributed by atoms with Gasteiger partial charge in [0.1, 0.15) is 11.6 Å². The molecule has 0 amide bonds. The second-order valence-electron chi connectivity index (χ2n) is 10.2. The highest BCUT2D eigenvalue weighted by Crippen LogP contribution is 2.43. The maximum Gasteiger partial charge on any atom is 0.308 e. The smallest absolute Gasteiger partial charge is 0.308 e. The van der Waals surface area contributed by atoms with Crippen molar-refractivity contribution in [3.63, 3.8) is 0 Å². The predicted octanol–water partition coefficient (Wildman–Crippen LogP) is 5.17. The zero-order chi connectivity index (χ0) is 25.2. The fraction of sp³-hybridized carbons (Fsp3) is 0.448. The fourth-order valence-corrected chi connectivity index (χ4v) is 6.02. The molecule has 0 bridgehead atoms. The minimum atomic E-state index is -0.775. The van der Waals surface area contributed by atoms with Crippen molar-refractivity contribution >= 4 is 16.9 Å². The van der Waals surface area contributed by atoms with Gasteiger partial charge >= 0.3 is 5.97 Å². The first-order valence-electron chi connectivity index (χ1n) is 12.8. The molecule has 190 valence electrons. The van der Waals surface area contributed by atoms with E-state index < -0.39 is 18.0 Å². The third-order valence-corrected chi connectivity index (χ3v) is 8.23. The highest BCUT2D eigenvalue weighted by molar-refractivity contribution is 5.83. The van der Waals surface area contributed by atoms with Crippen LogP contribution >= 0.6 is 0 Å². The maximum atomic E-state index is 14.1. The van der Waals surface area contributed by atoms with Crippen LogP contribution in [0.5, 0.6) is 5.75 Å². The molecule has 2 fully saturated rings. The van der Waals surface area contributed by atoms with Crippen molar-refractivity contribution in [1.29, 1.82) is 0 Å². The monoisotopic (exact) mass is 492 g/mol. The van der Waals surface area contributed by atoms with Crippen molar-refractivity contribution in [2.75, 3.05) is 20.2 Å². The molecule has 0 radical (unpaired) electrons. The van der Waals surface area contributed by atoms with E-state index in [4.69, 9.17) is 4.74 Å². The van der Waals surface area contributed by atoms with Crippen LogP contribution in [-0.2, 0) is 4.79 Å². The number of aliphatic carboxylic acids is 1. The van der Waals surface area contributed by atoms with Gasteiger partial charge in [0.25, 0.3) is 0 Å². The van der Waals surface area contributed by atoms with E-state index >= 15 is 0 Å². The van der Waals surface area contributed by atoms with Gasteiger partial charge in [0.15, 0.2) is 0 Å². The first kappa shape index (κ1) is 24.7. The van der Waals surface area contributed by atoms with E-state index in [0.29, 0.717) is 31.2 Å². The summed E-state index contributed by atoms with van der Waals surface area (Å²) in [4.78, 5) is 18.8. The summed E-state index contributed by atoms with van der Waals surface area (Å²) in [6.45, 7) is 1.36. The third kappa shape index (κ3) is 4.95. The lowest BCUT2D eigenvalue weighted by molar-refractivity contribution is -0.147. The molecule has 6 nitrogen and oxygen atoms in total. The van der Waals surface area contributed by atoms with Crippen molar-refractivity contribution in [3.05, 3.63) is 71.7 Å². The van der Waals surface area contributed by atoms with Crippen molar-refractivity contribution < 1.29 is 24.1 Å². The lowest BCUT2D eigenvalue weighted by Crippen LogP contribution is -2.52. The summed E-state index contributed by atoms with van der Waals surface area (Å²) in [6, 6.07) is 14.7. The van der Waals surface area contributed by atoms with E-state index in [1.54, 1.807) is 19.4 Å². The molecule has 7 heteroatoms. The largest absolute Gasteiger partial charge is 0.497 e. The molecule has 1 aliphatic heterocycles. The molecule has 1 aromatic heterocycles. The Balaban J connectivity index is 1.20. The van der Waals surface area contributed by atoms with Crippen molar-refractivity contribution in [2.24, 2.45) is 11.8 Å². The van der Waals surface area contributed by atoms with Crippen molar-refractivity contribution in [1.82, 2.24) is 9.88 Å². The molecule has 5 rings (SSSR count). The van der Waals surface area contributed by atoms with Gasteiger partial charge in [-0.1, -0.05) is 18.2 Å². The quantitative estimate of drug-likeness (QED) is 0.452. The number of piperidine rings is 1. The molecular weight excluding hydrogens is 459 g/mol. The van der Waals surface area contributed by atoms with Crippen LogP contribution in [0.2, 0.25) is 0 Å². The number of methoxy groups -OCH3 is 1. The topological polar surface area (TPSA) is 82.9 Å². The number of aliphatic hydroxyl groups is 1. The highest BCUT2D eigenvalue weighted by Gasteiger charge is 2.41. The Labute approximate surface area is 210 Å². The molecule has 0 spiro atoms. The minimum absolute atomic E-state index is 0.0125. The summed E-state index contributed by atoms with van der Waals surface area (Å²) in [7, 11) is 1.61. The molecule has 1 aliphatic carbocycles. The number of benzene rings is 2. The first-order valence-corrected chi connectivity index (χ1v) is 12.8. The van der Waals surface area contributed by atoms with Crippen LogP contribution in [0.1, 0.15) is 55.3 Å². The zero-order valence-electron chi connectivity index (χ0n) is 20.5. The predicted molar refractivity (Wildman–Crippen MR) is 135 cm³/mol. The molecule has 2 N–H and O–H groups in total. The third-order valence-electron chi connectivity index (χ3n) is 8.23. The number of hydrogen-bond donors (Lipinski definition) is 2. The molecule has 36 heavy (non-hydrogen) atoms. The number of likely N-dealkylation sites (tertiary alicyclic amines) is 1. The van der Waals surface area contributed by atoms with E-state index in [0.717, 1.165) is 47.8 Å². The number of aliphatic hydroxyl groups excluding tert-OH is 1. The lowest BCUT2D eigenvalue weighted by atomic mass is 9.73. The van der Waals surface area contributed by atoms with Crippen molar-refractivity contribution in [2.45, 2.75) is 50.2 Å². The first-order chi connectivity index (χ1) is 17.4. The summed E-state index contributed by atoms with van der Waals surface area (Å²) in [5.74, 6) is -0.465. The SMILES string of the molecule is COc1ccc2nccc(C(O)CC[C@@H]3CCN(C4CC(c5ccccc5F)C4)C[C@@H]3C(=O)O)c2c1. The van der Waals surface area contributed by atoms with Gasteiger partial charge in [0, 0.05) is 24.2 Å². The number of carbonyl (C=O) groups is 1. The van der Waals surface area contributed by atoms with E-state index in [1.165, 1.54) is 6.07 Å². The number of hydrogen-bond acceptors (Lipinski definition) is 5. The molecule has 1 saturated heterocycles. The lowest BCUT2D eigenvalue weighted by Gasteiger charge is -2.47. The Kier molecular flexibility index (Phi) is 7.21. The number of carboxylic acids is 1.